The van der Waals surface area contributed by atoms with E-state index in [1.807, 2.05) is 6.92 Å². The number of hydrogen-bond acceptors (Lipinski definition) is 4. The fraction of sp³-hybridized carbons (Fsp3) is 0.462. The molecule has 1 aromatic carbocycles. The second-order valence-electron chi connectivity index (χ2n) is 4.41. The van der Waals surface area contributed by atoms with Gasteiger partial charge in [-0.05, 0) is 19.1 Å². The largest absolute Gasteiger partial charge is 0.493 e. The van der Waals surface area contributed by atoms with Gasteiger partial charge in [0.1, 0.15) is 11.3 Å². The fourth-order valence-corrected chi connectivity index (χ4v) is 2.06. The van der Waals surface area contributed by atoms with Crippen molar-refractivity contribution in [1.82, 2.24) is 4.90 Å². The highest BCUT2D eigenvalue weighted by Gasteiger charge is 2.32. The first-order valence-electron chi connectivity index (χ1n) is 6.08. The Labute approximate surface area is 106 Å². The molecule has 0 unspecified atom stereocenters. The van der Waals surface area contributed by atoms with Crippen molar-refractivity contribution in [3.05, 3.63) is 23.8 Å². The van der Waals surface area contributed by atoms with Gasteiger partial charge in [0.25, 0.3) is 5.91 Å². The number of rotatable bonds is 4. The Morgan fingerprint density at radius 3 is 2.89 bits per heavy atom. The van der Waals surface area contributed by atoms with Crippen molar-refractivity contribution in [3.63, 3.8) is 0 Å². The molecular weight excluding hydrogens is 232 g/mol. The first kappa shape index (κ1) is 12.7. The highest BCUT2D eigenvalue weighted by atomic mass is 16.5. The number of ether oxygens (including phenoxy) is 1. The van der Waals surface area contributed by atoms with E-state index in [1.165, 1.54) is 0 Å². The van der Waals surface area contributed by atoms with Crippen molar-refractivity contribution in [1.29, 1.82) is 0 Å². The number of carbonyl (C=O) groups excluding carboxylic acids is 1. The molecule has 5 heteroatoms. The van der Waals surface area contributed by atoms with Gasteiger partial charge in [-0.25, -0.2) is 0 Å². The third-order valence-corrected chi connectivity index (χ3v) is 3.07. The molecule has 3 N–H and O–H groups in total. The predicted molar refractivity (Wildman–Crippen MR) is 68.5 cm³/mol. The lowest BCUT2D eigenvalue weighted by molar-refractivity contribution is 0.0360. The maximum absolute atomic E-state index is 12.3. The topological polar surface area (TPSA) is 75.8 Å². The maximum Gasteiger partial charge on any atom is 0.259 e. The zero-order valence-corrected chi connectivity index (χ0v) is 10.4. The number of amides is 1. The molecule has 1 saturated heterocycles. The van der Waals surface area contributed by atoms with Crippen LogP contribution in [0.2, 0.25) is 0 Å². The molecule has 1 fully saturated rings. The van der Waals surface area contributed by atoms with E-state index in [-0.39, 0.29) is 18.4 Å². The van der Waals surface area contributed by atoms with Gasteiger partial charge in [0.15, 0.2) is 0 Å². The number of carbonyl (C=O) groups is 1. The molecule has 0 aromatic heterocycles. The van der Waals surface area contributed by atoms with Crippen LogP contribution < -0.4 is 10.5 Å². The summed E-state index contributed by atoms with van der Waals surface area (Å²) in [6.45, 7) is 3.63. The van der Waals surface area contributed by atoms with Crippen LogP contribution in [0.1, 0.15) is 17.3 Å². The molecule has 2 rings (SSSR count). The van der Waals surface area contributed by atoms with E-state index in [9.17, 15) is 4.79 Å². The molecule has 1 heterocycles. The third-order valence-electron chi connectivity index (χ3n) is 3.07. The van der Waals surface area contributed by atoms with Gasteiger partial charge in [-0.15, -0.1) is 0 Å². The normalized spacial score (nSPS) is 15.3. The standard InChI is InChI=1S/C13H18N2O3/c1-2-18-11-5-3-4-10(14)12(11)13(17)15-6-9(7-15)8-16/h3-5,9,16H,2,6-8,14H2,1H3. The monoisotopic (exact) mass is 250 g/mol. The lowest BCUT2D eigenvalue weighted by Crippen LogP contribution is -2.51. The van der Waals surface area contributed by atoms with Crippen molar-refractivity contribution in [2.45, 2.75) is 6.92 Å². The first-order chi connectivity index (χ1) is 8.67. The van der Waals surface area contributed by atoms with Crippen LogP contribution in [0.4, 0.5) is 5.69 Å². The minimum atomic E-state index is -0.124. The summed E-state index contributed by atoms with van der Waals surface area (Å²) in [5.41, 5.74) is 6.72. The number of hydrogen-bond donors (Lipinski definition) is 2. The lowest BCUT2D eigenvalue weighted by Gasteiger charge is -2.38. The van der Waals surface area contributed by atoms with Crippen LogP contribution in [0, 0.1) is 5.92 Å². The smallest absolute Gasteiger partial charge is 0.259 e. The van der Waals surface area contributed by atoms with E-state index in [0.29, 0.717) is 36.7 Å². The summed E-state index contributed by atoms with van der Waals surface area (Å²) < 4.78 is 5.43. The molecule has 0 saturated carbocycles. The van der Waals surface area contributed by atoms with Crippen LogP contribution in [0.25, 0.3) is 0 Å². The van der Waals surface area contributed by atoms with E-state index in [2.05, 4.69) is 0 Å². The summed E-state index contributed by atoms with van der Waals surface area (Å²) in [6, 6.07) is 5.21. The van der Waals surface area contributed by atoms with Gasteiger partial charge in [-0.1, -0.05) is 6.07 Å². The van der Waals surface area contributed by atoms with Gasteiger partial charge in [0.05, 0.1) is 6.61 Å². The number of likely N-dealkylation sites (tertiary alicyclic amines) is 1. The van der Waals surface area contributed by atoms with Crippen LogP contribution in [0.15, 0.2) is 18.2 Å². The van der Waals surface area contributed by atoms with Crippen molar-refractivity contribution in [2.24, 2.45) is 5.92 Å². The molecule has 1 aromatic rings. The number of anilines is 1. The SMILES string of the molecule is CCOc1cccc(N)c1C(=O)N1CC(CO)C1. The highest BCUT2D eigenvalue weighted by molar-refractivity contribution is 6.02. The van der Waals surface area contributed by atoms with E-state index in [0.717, 1.165) is 0 Å². The zero-order valence-electron chi connectivity index (χ0n) is 10.4. The Hall–Kier alpha value is -1.75. The van der Waals surface area contributed by atoms with Crippen LogP contribution >= 0.6 is 0 Å². The average molecular weight is 250 g/mol. The number of aliphatic hydroxyl groups excluding tert-OH is 1. The first-order valence-corrected chi connectivity index (χ1v) is 6.08. The van der Waals surface area contributed by atoms with Crippen molar-refractivity contribution >= 4 is 11.6 Å². The number of benzene rings is 1. The van der Waals surface area contributed by atoms with Crippen molar-refractivity contribution < 1.29 is 14.6 Å². The Bertz CT molecular complexity index is 442. The summed E-state index contributed by atoms with van der Waals surface area (Å²) in [5.74, 6) is 0.589. The molecule has 1 aliphatic rings. The minimum Gasteiger partial charge on any atom is -0.493 e. The van der Waals surface area contributed by atoms with Crippen LogP contribution in [-0.4, -0.2) is 42.2 Å². The van der Waals surface area contributed by atoms with Crippen molar-refractivity contribution in [2.75, 3.05) is 32.0 Å². The summed E-state index contributed by atoms with van der Waals surface area (Å²) in [7, 11) is 0. The van der Waals surface area contributed by atoms with Gasteiger partial charge in [0, 0.05) is 31.3 Å². The van der Waals surface area contributed by atoms with E-state index in [1.54, 1.807) is 23.1 Å². The molecule has 5 nitrogen and oxygen atoms in total. The van der Waals surface area contributed by atoms with Crippen LogP contribution in [-0.2, 0) is 0 Å². The van der Waals surface area contributed by atoms with Gasteiger partial charge in [0.2, 0.25) is 0 Å². The summed E-state index contributed by atoms with van der Waals surface area (Å²) >= 11 is 0. The summed E-state index contributed by atoms with van der Waals surface area (Å²) in [5, 5.41) is 8.96. The Kier molecular flexibility index (Phi) is 3.72. The Morgan fingerprint density at radius 2 is 2.28 bits per heavy atom. The molecule has 0 atom stereocenters. The Balaban J connectivity index is 2.19. The van der Waals surface area contributed by atoms with Gasteiger partial charge >= 0.3 is 0 Å². The molecule has 1 amide bonds. The molecule has 98 valence electrons. The number of nitrogens with two attached hydrogens (primary N) is 1. The lowest BCUT2D eigenvalue weighted by atomic mass is 9.99. The van der Waals surface area contributed by atoms with Crippen molar-refractivity contribution in [3.8, 4) is 5.75 Å². The molecule has 18 heavy (non-hydrogen) atoms. The van der Waals surface area contributed by atoms with E-state index >= 15 is 0 Å². The minimum absolute atomic E-state index is 0.117. The molecule has 0 bridgehead atoms. The van der Waals surface area contributed by atoms with E-state index < -0.39 is 0 Å². The molecule has 1 aliphatic heterocycles. The Morgan fingerprint density at radius 1 is 1.56 bits per heavy atom. The van der Waals surface area contributed by atoms with Crippen LogP contribution in [0.3, 0.4) is 0 Å². The van der Waals surface area contributed by atoms with Crippen LogP contribution in [0.5, 0.6) is 5.75 Å². The quantitative estimate of drug-likeness (QED) is 0.772. The van der Waals surface area contributed by atoms with Gasteiger partial charge < -0.3 is 20.5 Å². The average Bonchev–Trinajstić information content (AvgIpc) is 2.28. The highest BCUT2D eigenvalue weighted by Crippen LogP contribution is 2.28. The number of nitrogens with zero attached hydrogens (tertiary/aromatic N) is 1. The third kappa shape index (κ3) is 2.26. The fourth-order valence-electron chi connectivity index (χ4n) is 2.06. The second-order valence-corrected chi connectivity index (χ2v) is 4.41. The molecular formula is C13H18N2O3. The zero-order chi connectivity index (χ0) is 13.1. The van der Waals surface area contributed by atoms with Gasteiger partial charge in [-0.2, -0.15) is 0 Å². The van der Waals surface area contributed by atoms with Gasteiger partial charge in [-0.3, -0.25) is 4.79 Å². The molecule has 0 spiro atoms. The second kappa shape index (κ2) is 5.27. The molecule has 0 radical (unpaired) electrons. The maximum atomic E-state index is 12.3. The predicted octanol–water partition coefficient (Wildman–Crippen LogP) is 0.732. The number of nitrogen functional groups attached to an aromatic ring is 1. The summed E-state index contributed by atoms with van der Waals surface area (Å²) in [6.07, 6.45) is 0. The molecule has 0 aliphatic carbocycles. The van der Waals surface area contributed by atoms with E-state index in [4.69, 9.17) is 15.6 Å². The summed E-state index contributed by atoms with van der Waals surface area (Å²) in [4.78, 5) is 14.0. The number of aliphatic hydroxyl groups is 1.